The minimum atomic E-state index is -0.835. The number of allylic oxidation sites excluding steroid dienone is 4. The number of ether oxygens (including phenoxy) is 3. The smallest absolute Gasteiger partial charge is 0.169 e. The summed E-state index contributed by atoms with van der Waals surface area (Å²) in [4.78, 5) is 2.43. The molecule has 0 saturated carbocycles. The molecule has 33 heavy (non-hydrogen) atoms. The Morgan fingerprint density at radius 1 is 1.06 bits per heavy atom. The van der Waals surface area contributed by atoms with Crippen molar-refractivity contribution in [2.75, 3.05) is 33.9 Å². The van der Waals surface area contributed by atoms with E-state index in [0.29, 0.717) is 12.2 Å². The van der Waals surface area contributed by atoms with Gasteiger partial charge in [-0.1, -0.05) is 48.9 Å². The average molecular weight is 448 g/mol. The van der Waals surface area contributed by atoms with Crippen molar-refractivity contribution in [3.63, 3.8) is 0 Å². The summed E-state index contributed by atoms with van der Waals surface area (Å²) in [6, 6.07) is 15.5. The third kappa shape index (κ3) is 5.32. The number of rotatable bonds is 7. The Labute approximate surface area is 196 Å². The summed E-state index contributed by atoms with van der Waals surface area (Å²) >= 11 is 0. The lowest BCUT2D eigenvalue weighted by Gasteiger charge is -2.44. The summed E-state index contributed by atoms with van der Waals surface area (Å²) in [5.74, 6) is 3.13. The van der Waals surface area contributed by atoms with Crippen LogP contribution in [0.25, 0.3) is 0 Å². The first-order valence-corrected chi connectivity index (χ1v) is 11.5. The van der Waals surface area contributed by atoms with E-state index in [1.807, 2.05) is 60.7 Å². The van der Waals surface area contributed by atoms with Gasteiger partial charge in [0.2, 0.25) is 0 Å². The molecule has 2 atom stereocenters. The van der Waals surface area contributed by atoms with Gasteiger partial charge in [0.05, 0.1) is 19.8 Å². The fourth-order valence-corrected chi connectivity index (χ4v) is 4.63. The van der Waals surface area contributed by atoms with Gasteiger partial charge in [0.1, 0.15) is 11.5 Å². The normalized spacial score (nSPS) is 23.3. The third-order valence-corrected chi connectivity index (χ3v) is 6.61. The van der Waals surface area contributed by atoms with E-state index < -0.39 is 5.60 Å². The molecule has 2 aromatic rings. The molecular formula is C28H33NO4. The number of para-hydroxylation sites is 2. The number of hydrogen-bond acceptors (Lipinski definition) is 5. The number of aliphatic hydroxyl groups is 1. The van der Waals surface area contributed by atoms with Crippen LogP contribution in [-0.2, 0) is 5.60 Å². The highest BCUT2D eigenvalue weighted by atomic mass is 16.5. The number of likely N-dealkylation sites (tertiary alicyclic amines) is 1. The van der Waals surface area contributed by atoms with Gasteiger partial charge in [-0.05, 0) is 54.8 Å². The molecule has 2 aromatic carbocycles. The maximum absolute atomic E-state index is 11.5. The van der Waals surface area contributed by atoms with Crippen LogP contribution in [0.2, 0.25) is 0 Å². The Bertz CT molecular complexity index is 1060. The first-order valence-electron chi connectivity index (χ1n) is 11.5. The molecular weight excluding hydrogens is 414 g/mol. The van der Waals surface area contributed by atoms with Crippen LogP contribution in [0, 0.1) is 5.92 Å². The lowest BCUT2D eigenvalue weighted by atomic mass is 9.77. The van der Waals surface area contributed by atoms with E-state index in [1.165, 1.54) is 5.57 Å². The average Bonchev–Trinajstić information content (AvgIpc) is 3.07. The second-order valence-electron chi connectivity index (χ2n) is 8.79. The van der Waals surface area contributed by atoms with Gasteiger partial charge in [0.25, 0.3) is 0 Å². The van der Waals surface area contributed by atoms with Gasteiger partial charge in [-0.15, -0.1) is 0 Å². The molecule has 1 N–H and O–H groups in total. The van der Waals surface area contributed by atoms with Gasteiger partial charge in [-0.3, -0.25) is 4.90 Å². The van der Waals surface area contributed by atoms with Gasteiger partial charge >= 0.3 is 0 Å². The summed E-state index contributed by atoms with van der Waals surface area (Å²) in [5.41, 5.74) is 1.42. The molecule has 5 nitrogen and oxygen atoms in total. The van der Waals surface area contributed by atoms with Gasteiger partial charge in [0.15, 0.2) is 11.5 Å². The summed E-state index contributed by atoms with van der Waals surface area (Å²) in [5, 5.41) is 11.5. The summed E-state index contributed by atoms with van der Waals surface area (Å²) in [7, 11) is 3.31. The first kappa shape index (κ1) is 23.1. The molecule has 2 unspecified atom stereocenters. The Morgan fingerprint density at radius 2 is 1.88 bits per heavy atom. The Morgan fingerprint density at radius 3 is 2.64 bits per heavy atom. The van der Waals surface area contributed by atoms with E-state index in [4.69, 9.17) is 14.2 Å². The van der Waals surface area contributed by atoms with Crippen molar-refractivity contribution in [1.82, 2.24) is 4.90 Å². The zero-order chi connectivity index (χ0) is 23.3. The Hall–Kier alpha value is -3.02. The minimum Gasteiger partial charge on any atom is -0.497 e. The lowest BCUT2D eigenvalue weighted by molar-refractivity contribution is -0.0694. The van der Waals surface area contributed by atoms with Gasteiger partial charge < -0.3 is 19.3 Å². The second kappa shape index (κ2) is 10.3. The summed E-state index contributed by atoms with van der Waals surface area (Å²) in [6.07, 6.45) is 9.83. The van der Waals surface area contributed by atoms with Crippen molar-refractivity contribution < 1.29 is 19.3 Å². The molecule has 1 aliphatic heterocycles. The number of piperidine rings is 1. The van der Waals surface area contributed by atoms with Crippen LogP contribution in [-0.4, -0.2) is 43.9 Å². The van der Waals surface area contributed by atoms with E-state index in [-0.39, 0.29) is 5.92 Å². The molecule has 2 aliphatic rings. The number of methoxy groups -OCH3 is 2. The topological polar surface area (TPSA) is 51.2 Å². The number of nitrogens with zero attached hydrogens (tertiary/aromatic N) is 1. The predicted molar refractivity (Wildman–Crippen MR) is 131 cm³/mol. The van der Waals surface area contributed by atoms with Crippen LogP contribution in [0.4, 0.5) is 0 Å². The fourth-order valence-electron chi connectivity index (χ4n) is 4.63. The minimum absolute atomic E-state index is 0.111. The third-order valence-electron chi connectivity index (χ3n) is 6.61. The zero-order valence-electron chi connectivity index (χ0n) is 19.7. The van der Waals surface area contributed by atoms with Crippen LogP contribution in [0.3, 0.4) is 0 Å². The van der Waals surface area contributed by atoms with Crippen molar-refractivity contribution in [3.8, 4) is 17.2 Å². The highest BCUT2D eigenvalue weighted by molar-refractivity contribution is 5.42. The quantitative estimate of drug-likeness (QED) is 0.641. The standard InChI is InChI=1S/C28H33NO4/c1-21-19-29(17-16-28(21,30)23-9-7-11-25(18-23)31-2)20-22-8-6-10-24(15-14-22)33-27-13-5-4-12-26(27)32-3/h4-13,15,18,21,30H,14,16-17,19-20H2,1-3H3. The Kier molecular flexibility index (Phi) is 7.21. The molecule has 0 bridgehead atoms. The molecule has 1 heterocycles. The van der Waals surface area contributed by atoms with E-state index in [2.05, 4.69) is 24.0 Å². The van der Waals surface area contributed by atoms with Crippen LogP contribution in [0.15, 0.2) is 84.2 Å². The molecule has 1 aliphatic carbocycles. The number of hydrogen-bond donors (Lipinski definition) is 1. The van der Waals surface area contributed by atoms with Crippen LogP contribution in [0.5, 0.6) is 17.2 Å². The molecule has 5 heteroatoms. The van der Waals surface area contributed by atoms with Gasteiger partial charge in [-0.25, -0.2) is 0 Å². The number of benzene rings is 2. The molecule has 1 fully saturated rings. The first-order chi connectivity index (χ1) is 16.0. The maximum atomic E-state index is 11.5. The van der Waals surface area contributed by atoms with Crippen molar-refractivity contribution in [2.45, 2.75) is 25.4 Å². The molecule has 174 valence electrons. The summed E-state index contributed by atoms with van der Waals surface area (Å²) < 4.78 is 16.8. The molecule has 0 spiro atoms. The van der Waals surface area contributed by atoms with E-state index in [9.17, 15) is 5.11 Å². The highest BCUT2D eigenvalue weighted by Gasteiger charge is 2.40. The molecule has 0 aromatic heterocycles. The predicted octanol–water partition coefficient (Wildman–Crippen LogP) is 5.08. The SMILES string of the molecule is COc1cccc(C2(O)CCN(CC3=CC=CC(Oc4ccccc4OC)=CC3)CC2C)c1. The van der Waals surface area contributed by atoms with E-state index in [0.717, 1.165) is 48.9 Å². The monoisotopic (exact) mass is 447 g/mol. The van der Waals surface area contributed by atoms with Crippen LogP contribution < -0.4 is 14.2 Å². The zero-order valence-corrected chi connectivity index (χ0v) is 19.7. The van der Waals surface area contributed by atoms with Crippen molar-refractivity contribution >= 4 is 0 Å². The van der Waals surface area contributed by atoms with E-state index >= 15 is 0 Å². The Balaban J connectivity index is 1.37. The lowest BCUT2D eigenvalue weighted by Crippen LogP contribution is -2.49. The molecule has 0 radical (unpaired) electrons. The van der Waals surface area contributed by atoms with E-state index in [1.54, 1.807) is 14.2 Å². The van der Waals surface area contributed by atoms with Crippen molar-refractivity contribution in [1.29, 1.82) is 0 Å². The molecule has 1 saturated heterocycles. The largest absolute Gasteiger partial charge is 0.497 e. The van der Waals surface area contributed by atoms with Gasteiger partial charge in [-0.2, -0.15) is 0 Å². The van der Waals surface area contributed by atoms with Crippen LogP contribution in [0.1, 0.15) is 25.3 Å². The highest BCUT2D eigenvalue weighted by Crippen LogP contribution is 2.38. The van der Waals surface area contributed by atoms with Gasteiger partial charge in [0, 0.05) is 25.6 Å². The second-order valence-corrected chi connectivity index (χ2v) is 8.79. The fraction of sp³-hybridized carbons (Fsp3) is 0.357. The van der Waals surface area contributed by atoms with Crippen molar-refractivity contribution in [3.05, 3.63) is 89.7 Å². The molecule has 0 amide bonds. The van der Waals surface area contributed by atoms with Crippen LogP contribution >= 0.6 is 0 Å². The summed E-state index contributed by atoms with van der Waals surface area (Å²) in [6.45, 7) is 4.68. The van der Waals surface area contributed by atoms with Crippen molar-refractivity contribution in [2.24, 2.45) is 5.92 Å². The maximum Gasteiger partial charge on any atom is 0.169 e. The molecule has 4 rings (SSSR count).